The van der Waals surface area contributed by atoms with Crippen molar-refractivity contribution >= 4 is 34.0 Å². The van der Waals surface area contributed by atoms with Gasteiger partial charge in [0.05, 0.1) is 0 Å². The smallest absolute Gasteiger partial charge is 0.0449 e. The van der Waals surface area contributed by atoms with Gasteiger partial charge in [0.1, 0.15) is 0 Å². The van der Waals surface area contributed by atoms with E-state index in [0.717, 1.165) is 0 Å². The molecule has 3 aromatic heterocycles. The van der Waals surface area contributed by atoms with Crippen LogP contribution < -0.4 is 0 Å². The summed E-state index contributed by atoms with van der Waals surface area (Å²) in [6.07, 6.45) is 0. The second kappa shape index (κ2) is 6.32. The minimum atomic E-state index is 1.37. The zero-order chi connectivity index (χ0) is 13.0. The van der Waals surface area contributed by atoms with E-state index in [1.165, 1.54) is 24.4 Å². The molecule has 18 heavy (non-hydrogen) atoms. The molecule has 0 spiro atoms. The maximum Gasteiger partial charge on any atom is 0.0449 e. The number of hydrogen-bond donors (Lipinski definition) is 0. The topological polar surface area (TPSA) is 0 Å². The molecule has 0 N–H and O–H groups in total. The molecule has 0 nitrogen and oxygen atoms in total. The third kappa shape index (κ3) is 2.91. The van der Waals surface area contributed by atoms with Crippen LogP contribution >= 0.6 is 34.0 Å². The predicted molar refractivity (Wildman–Crippen MR) is 87.0 cm³/mol. The third-order valence-corrected chi connectivity index (χ3v) is 5.70. The second-order valence-electron chi connectivity index (χ2n) is 3.55. The van der Waals surface area contributed by atoms with Gasteiger partial charge in [-0.15, -0.1) is 34.0 Å². The molecular formula is C15H16S3. The SMILES string of the molecule is CC.Cc1ccc(-c2ccc(-c3cccs3)s2)s1. The largest absolute Gasteiger partial charge is 0.143 e. The van der Waals surface area contributed by atoms with Gasteiger partial charge < -0.3 is 0 Å². The van der Waals surface area contributed by atoms with Crippen LogP contribution in [0, 0.1) is 6.92 Å². The summed E-state index contributed by atoms with van der Waals surface area (Å²) in [7, 11) is 0. The Morgan fingerprint density at radius 1 is 0.722 bits per heavy atom. The number of aryl methyl sites for hydroxylation is 1. The van der Waals surface area contributed by atoms with Gasteiger partial charge in [-0.3, -0.25) is 0 Å². The molecule has 0 aromatic carbocycles. The Balaban J connectivity index is 0.000000574. The molecular weight excluding hydrogens is 276 g/mol. The molecule has 0 atom stereocenters. The van der Waals surface area contributed by atoms with Crippen molar-refractivity contribution in [2.24, 2.45) is 0 Å². The Bertz CT molecular complexity index is 585. The fourth-order valence-corrected chi connectivity index (χ4v) is 4.39. The van der Waals surface area contributed by atoms with E-state index in [2.05, 4.69) is 48.7 Å². The van der Waals surface area contributed by atoms with Crippen LogP contribution in [0.2, 0.25) is 0 Å². The fourth-order valence-electron chi connectivity index (χ4n) is 1.59. The molecule has 0 saturated carbocycles. The lowest BCUT2D eigenvalue weighted by Gasteiger charge is -1.90. The summed E-state index contributed by atoms with van der Waals surface area (Å²) in [5.74, 6) is 0. The molecule has 0 aliphatic carbocycles. The van der Waals surface area contributed by atoms with Gasteiger partial charge in [0.2, 0.25) is 0 Å². The van der Waals surface area contributed by atoms with Crippen molar-refractivity contribution in [3.63, 3.8) is 0 Å². The lowest BCUT2D eigenvalue weighted by atomic mass is 10.3. The van der Waals surface area contributed by atoms with Gasteiger partial charge in [0.25, 0.3) is 0 Å². The van der Waals surface area contributed by atoms with Crippen LogP contribution in [-0.2, 0) is 0 Å². The van der Waals surface area contributed by atoms with Crippen molar-refractivity contribution < 1.29 is 0 Å². The molecule has 0 bridgehead atoms. The Kier molecular flexibility index (Phi) is 4.75. The van der Waals surface area contributed by atoms with Crippen LogP contribution in [0.15, 0.2) is 41.8 Å². The van der Waals surface area contributed by atoms with Crippen molar-refractivity contribution in [1.82, 2.24) is 0 Å². The lowest BCUT2D eigenvalue weighted by Crippen LogP contribution is -1.57. The van der Waals surface area contributed by atoms with Gasteiger partial charge in [-0.2, -0.15) is 0 Å². The van der Waals surface area contributed by atoms with Crippen molar-refractivity contribution in [3.8, 4) is 19.5 Å². The highest BCUT2D eigenvalue weighted by molar-refractivity contribution is 7.26. The molecule has 0 aliphatic heterocycles. The molecule has 0 unspecified atom stereocenters. The van der Waals surface area contributed by atoms with Gasteiger partial charge in [0.15, 0.2) is 0 Å². The van der Waals surface area contributed by atoms with Crippen LogP contribution in [0.5, 0.6) is 0 Å². The lowest BCUT2D eigenvalue weighted by molar-refractivity contribution is 1.50. The summed E-state index contributed by atoms with van der Waals surface area (Å²) in [4.78, 5) is 6.87. The van der Waals surface area contributed by atoms with Crippen molar-refractivity contribution in [2.45, 2.75) is 20.8 Å². The van der Waals surface area contributed by atoms with Crippen LogP contribution in [0.1, 0.15) is 18.7 Å². The van der Waals surface area contributed by atoms with Crippen LogP contribution in [-0.4, -0.2) is 0 Å². The van der Waals surface area contributed by atoms with Crippen LogP contribution in [0.4, 0.5) is 0 Å². The van der Waals surface area contributed by atoms with E-state index < -0.39 is 0 Å². The molecule has 3 heteroatoms. The fraction of sp³-hybridized carbons (Fsp3) is 0.200. The molecule has 0 amide bonds. The molecule has 3 aromatic rings. The van der Waals surface area contributed by atoms with E-state index in [1.807, 2.05) is 36.5 Å². The van der Waals surface area contributed by atoms with Gasteiger partial charge in [-0.25, -0.2) is 0 Å². The van der Waals surface area contributed by atoms with Gasteiger partial charge >= 0.3 is 0 Å². The molecule has 0 aliphatic rings. The van der Waals surface area contributed by atoms with E-state index in [0.29, 0.717) is 0 Å². The van der Waals surface area contributed by atoms with Gasteiger partial charge in [-0.1, -0.05) is 19.9 Å². The van der Waals surface area contributed by atoms with Crippen LogP contribution in [0.25, 0.3) is 19.5 Å². The first-order valence-electron chi connectivity index (χ1n) is 6.03. The number of rotatable bonds is 2. The molecule has 94 valence electrons. The second-order valence-corrected chi connectivity index (χ2v) is 6.87. The van der Waals surface area contributed by atoms with Crippen molar-refractivity contribution in [1.29, 1.82) is 0 Å². The monoisotopic (exact) mass is 292 g/mol. The summed E-state index contributed by atoms with van der Waals surface area (Å²) in [6, 6.07) is 13.1. The Morgan fingerprint density at radius 2 is 1.33 bits per heavy atom. The summed E-state index contributed by atoms with van der Waals surface area (Å²) in [5.41, 5.74) is 0. The Morgan fingerprint density at radius 3 is 1.89 bits per heavy atom. The summed E-state index contributed by atoms with van der Waals surface area (Å²) in [6.45, 7) is 6.15. The maximum absolute atomic E-state index is 2.23. The van der Waals surface area contributed by atoms with E-state index in [1.54, 1.807) is 11.3 Å². The Hall–Kier alpha value is -0.900. The highest BCUT2D eigenvalue weighted by Crippen LogP contribution is 2.38. The van der Waals surface area contributed by atoms with E-state index in [9.17, 15) is 0 Å². The normalized spacial score (nSPS) is 9.94. The van der Waals surface area contributed by atoms with E-state index >= 15 is 0 Å². The molecule has 0 radical (unpaired) electrons. The zero-order valence-electron chi connectivity index (χ0n) is 10.8. The molecule has 3 heterocycles. The average Bonchev–Trinajstić information content (AvgIpc) is 3.11. The first kappa shape index (κ1) is 13.5. The predicted octanol–water partition coefficient (Wildman–Crippen LogP) is 6.54. The third-order valence-electron chi connectivity index (χ3n) is 2.35. The summed E-state index contributed by atoms with van der Waals surface area (Å²) >= 11 is 5.55. The zero-order valence-corrected chi connectivity index (χ0v) is 13.2. The Labute approximate surface area is 121 Å². The van der Waals surface area contributed by atoms with Gasteiger partial charge in [0, 0.05) is 24.4 Å². The van der Waals surface area contributed by atoms with Crippen molar-refractivity contribution in [3.05, 3.63) is 46.7 Å². The molecule has 3 rings (SSSR count). The summed E-state index contributed by atoms with van der Waals surface area (Å²) in [5, 5.41) is 2.13. The minimum absolute atomic E-state index is 1.37. The maximum atomic E-state index is 2.23. The summed E-state index contributed by atoms with van der Waals surface area (Å²) < 4.78 is 0. The number of hydrogen-bond acceptors (Lipinski definition) is 3. The average molecular weight is 292 g/mol. The number of thiophene rings is 3. The highest BCUT2D eigenvalue weighted by Gasteiger charge is 2.06. The minimum Gasteiger partial charge on any atom is -0.143 e. The first-order chi connectivity index (χ1) is 8.83. The van der Waals surface area contributed by atoms with E-state index in [4.69, 9.17) is 0 Å². The molecule has 0 fully saturated rings. The van der Waals surface area contributed by atoms with E-state index in [-0.39, 0.29) is 0 Å². The molecule has 0 saturated heterocycles. The van der Waals surface area contributed by atoms with Gasteiger partial charge in [-0.05, 0) is 42.6 Å². The quantitative estimate of drug-likeness (QED) is 0.503. The first-order valence-corrected chi connectivity index (χ1v) is 8.55. The van der Waals surface area contributed by atoms with Crippen molar-refractivity contribution in [2.75, 3.05) is 0 Å². The standard InChI is InChI=1S/C13H10S3.C2H6/c1-9-4-5-12(15-9)13-7-6-11(16-13)10-3-2-8-14-10;1-2/h2-8H,1H3;1-2H3. The highest BCUT2D eigenvalue weighted by atomic mass is 32.1. The van der Waals surface area contributed by atoms with Crippen LogP contribution in [0.3, 0.4) is 0 Å².